The van der Waals surface area contributed by atoms with Gasteiger partial charge in [0, 0.05) is 19.5 Å². The smallest absolute Gasteiger partial charge is 0.146 e. The first-order valence-electron chi connectivity index (χ1n) is 7.90. The molecule has 1 aromatic heterocycles. The van der Waals surface area contributed by atoms with E-state index in [2.05, 4.69) is 33.8 Å². The molecule has 2 unspecified atom stereocenters. The molecule has 2 aliphatic rings. The standard InChI is InChI=1S/C15H26N4O/c1-18(9-12-5-3-4-6-13(12)20)10-14-16-17-15(19(14)2)11-7-8-11/h11-13,20H,3-10H2,1-2H3. The van der Waals surface area contributed by atoms with Crippen molar-refractivity contribution < 1.29 is 5.11 Å². The normalized spacial score (nSPS) is 27.2. The molecule has 0 spiro atoms. The Morgan fingerprint density at radius 1 is 1.20 bits per heavy atom. The first-order valence-corrected chi connectivity index (χ1v) is 7.90. The monoisotopic (exact) mass is 278 g/mol. The summed E-state index contributed by atoms with van der Waals surface area (Å²) in [5, 5.41) is 18.7. The highest BCUT2D eigenvalue weighted by molar-refractivity contribution is 5.07. The van der Waals surface area contributed by atoms with E-state index in [0.717, 1.165) is 37.6 Å². The topological polar surface area (TPSA) is 54.2 Å². The molecule has 0 saturated heterocycles. The summed E-state index contributed by atoms with van der Waals surface area (Å²) in [6.45, 7) is 1.77. The Balaban J connectivity index is 1.56. The minimum atomic E-state index is -0.118. The van der Waals surface area contributed by atoms with Crippen LogP contribution < -0.4 is 0 Å². The van der Waals surface area contributed by atoms with Gasteiger partial charge in [-0.2, -0.15) is 0 Å². The molecular weight excluding hydrogens is 252 g/mol. The van der Waals surface area contributed by atoms with E-state index in [-0.39, 0.29) is 6.10 Å². The molecule has 0 radical (unpaired) electrons. The molecule has 0 amide bonds. The summed E-state index contributed by atoms with van der Waals surface area (Å²) >= 11 is 0. The van der Waals surface area contributed by atoms with Gasteiger partial charge in [0.15, 0.2) is 0 Å². The van der Waals surface area contributed by atoms with E-state index in [0.29, 0.717) is 11.8 Å². The van der Waals surface area contributed by atoms with Crippen molar-refractivity contribution in [2.24, 2.45) is 13.0 Å². The number of hydrogen-bond acceptors (Lipinski definition) is 4. The second-order valence-corrected chi connectivity index (χ2v) is 6.62. The van der Waals surface area contributed by atoms with E-state index in [4.69, 9.17) is 0 Å². The van der Waals surface area contributed by atoms with Crippen LogP contribution in [-0.2, 0) is 13.6 Å². The van der Waals surface area contributed by atoms with Crippen molar-refractivity contribution in [3.63, 3.8) is 0 Å². The summed E-state index contributed by atoms with van der Waals surface area (Å²) in [4.78, 5) is 2.28. The average molecular weight is 278 g/mol. The lowest BCUT2D eigenvalue weighted by Crippen LogP contribution is -2.35. The zero-order chi connectivity index (χ0) is 14.1. The highest BCUT2D eigenvalue weighted by Gasteiger charge is 2.29. The Kier molecular flexibility index (Phi) is 4.08. The maximum atomic E-state index is 10.1. The molecule has 5 heteroatoms. The Morgan fingerprint density at radius 3 is 2.65 bits per heavy atom. The van der Waals surface area contributed by atoms with Gasteiger partial charge in [-0.15, -0.1) is 10.2 Å². The molecule has 2 aliphatic carbocycles. The highest BCUT2D eigenvalue weighted by atomic mass is 16.3. The maximum Gasteiger partial charge on any atom is 0.146 e. The lowest BCUT2D eigenvalue weighted by molar-refractivity contribution is 0.0496. The molecule has 2 saturated carbocycles. The first kappa shape index (κ1) is 14.0. The third-order valence-corrected chi connectivity index (χ3v) is 4.77. The van der Waals surface area contributed by atoms with Gasteiger partial charge in [0.25, 0.3) is 0 Å². The van der Waals surface area contributed by atoms with Crippen molar-refractivity contribution in [3.8, 4) is 0 Å². The van der Waals surface area contributed by atoms with Crippen LogP contribution in [0.1, 0.15) is 56.1 Å². The van der Waals surface area contributed by atoms with Gasteiger partial charge in [0.2, 0.25) is 0 Å². The van der Waals surface area contributed by atoms with E-state index in [9.17, 15) is 5.11 Å². The van der Waals surface area contributed by atoms with Crippen LogP contribution in [0.2, 0.25) is 0 Å². The fraction of sp³-hybridized carbons (Fsp3) is 0.867. The molecule has 1 heterocycles. The lowest BCUT2D eigenvalue weighted by Gasteiger charge is -2.31. The van der Waals surface area contributed by atoms with Crippen LogP contribution >= 0.6 is 0 Å². The summed E-state index contributed by atoms with van der Waals surface area (Å²) in [7, 11) is 4.19. The Hall–Kier alpha value is -0.940. The quantitative estimate of drug-likeness (QED) is 0.890. The Morgan fingerprint density at radius 2 is 1.95 bits per heavy atom. The molecule has 112 valence electrons. The Bertz CT molecular complexity index is 455. The number of rotatable bonds is 5. The number of nitrogens with zero attached hydrogens (tertiary/aromatic N) is 4. The van der Waals surface area contributed by atoms with Crippen molar-refractivity contribution >= 4 is 0 Å². The molecule has 3 rings (SSSR count). The fourth-order valence-electron chi connectivity index (χ4n) is 3.32. The number of aliphatic hydroxyl groups is 1. The highest BCUT2D eigenvalue weighted by Crippen LogP contribution is 2.38. The van der Waals surface area contributed by atoms with Crippen molar-refractivity contribution in [2.45, 2.75) is 57.1 Å². The van der Waals surface area contributed by atoms with E-state index < -0.39 is 0 Å². The molecule has 20 heavy (non-hydrogen) atoms. The van der Waals surface area contributed by atoms with Crippen LogP contribution in [0.15, 0.2) is 0 Å². The molecule has 5 nitrogen and oxygen atoms in total. The molecule has 0 bridgehead atoms. The summed E-state index contributed by atoms with van der Waals surface area (Å²) < 4.78 is 2.16. The van der Waals surface area contributed by atoms with Gasteiger partial charge >= 0.3 is 0 Å². The van der Waals surface area contributed by atoms with Crippen molar-refractivity contribution in [1.29, 1.82) is 0 Å². The SMILES string of the molecule is CN(Cc1nnc(C2CC2)n1C)CC1CCCCC1O. The fourth-order valence-corrected chi connectivity index (χ4v) is 3.32. The molecule has 0 aromatic carbocycles. The van der Waals surface area contributed by atoms with Gasteiger partial charge in [-0.25, -0.2) is 0 Å². The number of aliphatic hydroxyl groups excluding tert-OH is 1. The first-order chi connectivity index (χ1) is 9.65. The number of aromatic nitrogens is 3. The van der Waals surface area contributed by atoms with Gasteiger partial charge in [0.1, 0.15) is 11.6 Å². The Labute approximate surface area is 121 Å². The van der Waals surface area contributed by atoms with Gasteiger partial charge in [-0.05, 0) is 38.6 Å². The second kappa shape index (κ2) is 5.82. The molecule has 1 aromatic rings. The van der Waals surface area contributed by atoms with Gasteiger partial charge in [0.05, 0.1) is 12.6 Å². The van der Waals surface area contributed by atoms with Crippen molar-refractivity contribution in [2.75, 3.05) is 13.6 Å². The third kappa shape index (κ3) is 3.04. The minimum absolute atomic E-state index is 0.118. The zero-order valence-electron chi connectivity index (χ0n) is 12.6. The predicted octanol–water partition coefficient (Wildman–Crippen LogP) is 1.68. The van der Waals surface area contributed by atoms with Crippen molar-refractivity contribution in [1.82, 2.24) is 19.7 Å². The van der Waals surface area contributed by atoms with Gasteiger partial charge < -0.3 is 9.67 Å². The molecule has 2 fully saturated rings. The molecule has 1 N–H and O–H groups in total. The summed E-state index contributed by atoms with van der Waals surface area (Å²) in [5.41, 5.74) is 0. The molecule has 0 aliphatic heterocycles. The van der Waals surface area contributed by atoms with E-state index in [1.54, 1.807) is 0 Å². The second-order valence-electron chi connectivity index (χ2n) is 6.62. The summed E-state index contributed by atoms with van der Waals surface area (Å²) in [6, 6.07) is 0. The number of hydrogen-bond donors (Lipinski definition) is 1. The van der Waals surface area contributed by atoms with Crippen LogP contribution in [0.3, 0.4) is 0 Å². The molecular formula is C15H26N4O. The van der Waals surface area contributed by atoms with Crippen LogP contribution in [0.5, 0.6) is 0 Å². The van der Waals surface area contributed by atoms with E-state index in [1.807, 2.05) is 0 Å². The minimum Gasteiger partial charge on any atom is -0.393 e. The van der Waals surface area contributed by atoms with Crippen LogP contribution in [0.25, 0.3) is 0 Å². The largest absolute Gasteiger partial charge is 0.393 e. The van der Waals surface area contributed by atoms with Gasteiger partial charge in [-0.3, -0.25) is 4.90 Å². The van der Waals surface area contributed by atoms with Crippen molar-refractivity contribution in [3.05, 3.63) is 11.6 Å². The maximum absolute atomic E-state index is 10.1. The van der Waals surface area contributed by atoms with Crippen LogP contribution in [0.4, 0.5) is 0 Å². The summed E-state index contributed by atoms with van der Waals surface area (Å²) in [6.07, 6.45) is 6.95. The van der Waals surface area contributed by atoms with Crippen LogP contribution in [0, 0.1) is 5.92 Å². The average Bonchev–Trinajstić information content (AvgIpc) is 3.19. The van der Waals surface area contributed by atoms with E-state index >= 15 is 0 Å². The predicted molar refractivity (Wildman–Crippen MR) is 77.3 cm³/mol. The van der Waals surface area contributed by atoms with E-state index in [1.165, 1.54) is 25.7 Å². The third-order valence-electron chi connectivity index (χ3n) is 4.77. The lowest BCUT2D eigenvalue weighted by atomic mass is 9.86. The zero-order valence-corrected chi connectivity index (χ0v) is 12.6. The van der Waals surface area contributed by atoms with Gasteiger partial charge in [-0.1, -0.05) is 12.8 Å². The molecule has 2 atom stereocenters. The van der Waals surface area contributed by atoms with Crippen LogP contribution in [-0.4, -0.2) is 44.5 Å². The summed E-state index contributed by atoms with van der Waals surface area (Å²) in [5.74, 6) is 3.25.